The van der Waals surface area contributed by atoms with E-state index >= 15 is 0 Å². The number of hydrogen-bond donors (Lipinski definition) is 0. The highest BCUT2D eigenvalue weighted by Crippen LogP contribution is 2.28. The van der Waals surface area contributed by atoms with Crippen LogP contribution in [0.1, 0.15) is 23.7 Å². The molecule has 0 radical (unpaired) electrons. The molecule has 1 amide bonds. The summed E-state index contributed by atoms with van der Waals surface area (Å²) in [5, 5.41) is 0. The van der Waals surface area contributed by atoms with Crippen LogP contribution in [-0.4, -0.2) is 35.8 Å². The van der Waals surface area contributed by atoms with Gasteiger partial charge in [0.2, 0.25) is 0 Å². The van der Waals surface area contributed by atoms with E-state index in [0.29, 0.717) is 22.1 Å². The molecule has 1 aromatic rings. The van der Waals surface area contributed by atoms with Gasteiger partial charge in [-0.2, -0.15) is 0 Å². The van der Waals surface area contributed by atoms with Crippen LogP contribution in [0.2, 0.25) is 0 Å². The molecule has 1 fully saturated rings. The molecule has 19 heavy (non-hydrogen) atoms. The van der Waals surface area contributed by atoms with Crippen LogP contribution < -0.4 is 4.74 Å². The quantitative estimate of drug-likeness (QED) is 0.720. The Morgan fingerprint density at radius 2 is 2.21 bits per heavy atom. The summed E-state index contributed by atoms with van der Waals surface area (Å²) in [6.45, 7) is 3.77. The van der Waals surface area contributed by atoms with Crippen LogP contribution in [0, 0.1) is 5.92 Å². The van der Waals surface area contributed by atoms with Crippen LogP contribution in [0.5, 0.6) is 5.75 Å². The second-order valence-corrected chi connectivity index (χ2v) is 6.97. The lowest BCUT2D eigenvalue weighted by molar-refractivity contribution is 0.0702. The van der Waals surface area contributed by atoms with Crippen molar-refractivity contribution in [1.82, 2.24) is 4.90 Å². The summed E-state index contributed by atoms with van der Waals surface area (Å²) < 4.78 is 6.21. The molecule has 0 spiro atoms. The van der Waals surface area contributed by atoms with Crippen LogP contribution in [0.25, 0.3) is 0 Å². The Hall–Kier alpha value is -0.550. The summed E-state index contributed by atoms with van der Waals surface area (Å²) in [6.07, 6.45) is 1.03. The zero-order valence-electron chi connectivity index (χ0n) is 11.0. The van der Waals surface area contributed by atoms with Gasteiger partial charge in [-0.15, -0.1) is 0 Å². The second-order valence-electron chi connectivity index (χ2n) is 4.88. The largest absolute Gasteiger partial charge is 0.496 e. The maximum Gasteiger partial charge on any atom is 0.257 e. The van der Waals surface area contributed by atoms with E-state index in [1.807, 2.05) is 23.1 Å². The maximum atomic E-state index is 12.6. The van der Waals surface area contributed by atoms with E-state index in [0.717, 1.165) is 24.0 Å². The monoisotopic (exact) mass is 389 g/mol. The molecule has 5 heteroatoms. The number of ether oxygens (including phenoxy) is 1. The van der Waals surface area contributed by atoms with E-state index in [4.69, 9.17) is 4.74 Å². The fourth-order valence-electron chi connectivity index (χ4n) is 2.22. The second kappa shape index (κ2) is 6.27. The first-order chi connectivity index (χ1) is 9.02. The fraction of sp³-hybridized carbons (Fsp3) is 0.500. The van der Waals surface area contributed by atoms with E-state index in [2.05, 4.69) is 38.8 Å². The molecule has 0 N–H and O–H groups in total. The first kappa shape index (κ1) is 14.9. The van der Waals surface area contributed by atoms with E-state index in [9.17, 15) is 4.79 Å². The minimum atomic E-state index is 0.0423. The van der Waals surface area contributed by atoms with Crippen LogP contribution >= 0.6 is 31.9 Å². The number of piperidine rings is 1. The van der Waals surface area contributed by atoms with Crippen LogP contribution in [0.4, 0.5) is 0 Å². The topological polar surface area (TPSA) is 29.5 Å². The highest BCUT2D eigenvalue weighted by atomic mass is 79.9. The number of alkyl halides is 1. The van der Waals surface area contributed by atoms with Gasteiger partial charge in [0, 0.05) is 22.4 Å². The lowest BCUT2D eigenvalue weighted by atomic mass is 9.98. The third-order valence-corrected chi connectivity index (χ3v) is 5.23. The summed E-state index contributed by atoms with van der Waals surface area (Å²) in [7, 11) is 1.59. The third-order valence-electron chi connectivity index (χ3n) is 3.55. The molecule has 2 atom stereocenters. The average Bonchev–Trinajstić information content (AvgIpc) is 2.41. The van der Waals surface area contributed by atoms with Crippen molar-refractivity contribution in [3.05, 3.63) is 28.2 Å². The van der Waals surface area contributed by atoms with Crippen molar-refractivity contribution in [3.8, 4) is 5.75 Å². The molecule has 104 valence electrons. The zero-order valence-corrected chi connectivity index (χ0v) is 14.2. The zero-order chi connectivity index (χ0) is 14.0. The van der Waals surface area contributed by atoms with Crippen LogP contribution in [0.15, 0.2) is 22.7 Å². The van der Waals surface area contributed by atoms with E-state index < -0.39 is 0 Å². The van der Waals surface area contributed by atoms with Crippen molar-refractivity contribution in [2.75, 3.05) is 20.2 Å². The number of likely N-dealkylation sites (tertiary alicyclic amines) is 1. The van der Waals surface area contributed by atoms with Gasteiger partial charge in [0.25, 0.3) is 5.91 Å². The minimum absolute atomic E-state index is 0.0423. The van der Waals surface area contributed by atoms with Crippen molar-refractivity contribution < 1.29 is 9.53 Å². The molecule has 0 aliphatic carbocycles. The Morgan fingerprint density at radius 1 is 1.47 bits per heavy atom. The number of amides is 1. The number of methoxy groups -OCH3 is 1. The molecule has 3 nitrogen and oxygen atoms in total. The lowest BCUT2D eigenvalue weighted by Gasteiger charge is -2.34. The minimum Gasteiger partial charge on any atom is -0.496 e. The molecule has 0 saturated carbocycles. The number of carbonyl (C=O) groups excluding carboxylic acids is 1. The molecular formula is C14H17Br2NO2. The summed E-state index contributed by atoms with van der Waals surface area (Å²) >= 11 is 7.04. The molecule has 1 saturated heterocycles. The van der Waals surface area contributed by atoms with E-state index in [1.54, 1.807) is 7.11 Å². The summed E-state index contributed by atoms with van der Waals surface area (Å²) in [4.78, 5) is 14.8. The van der Waals surface area contributed by atoms with Crippen molar-refractivity contribution in [1.29, 1.82) is 0 Å². The number of hydrogen-bond acceptors (Lipinski definition) is 2. The average molecular weight is 391 g/mol. The van der Waals surface area contributed by atoms with Crippen LogP contribution in [-0.2, 0) is 0 Å². The van der Waals surface area contributed by atoms with Gasteiger partial charge >= 0.3 is 0 Å². The maximum absolute atomic E-state index is 12.6. The van der Waals surface area contributed by atoms with Crippen LogP contribution in [0.3, 0.4) is 0 Å². The molecule has 2 unspecified atom stereocenters. The number of benzene rings is 1. The highest BCUT2D eigenvalue weighted by Gasteiger charge is 2.28. The van der Waals surface area contributed by atoms with Gasteiger partial charge in [0.15, 0.2) is 0 Å². The first-order valence-corrected chi connectivity index (χ1v) is 8.00. The number of carbonyl (C=O) groups is 1. The molecule has 1 aliphatic heterocycles. The Kier molecular flexibility index (Phi) is 4.90. The predicted octanol–water partition coefficient (Wildman–Crippen LogP) is 3.70. The fourth-order valence-corrected chi connectivity index (χ4v) is 3.17. The van der Waals surface area contributed by atoms with Gasteiger partial charge in [-0.3, -0.25) is 4.79 Å². The van der Waals surface area contributed by atoms with E-state index in [-0.39, 0.29) is 5.91 Å². The smallest absolute Gasteiger partial charge is 0.257 e. The summed E-state index contributed by atoms with van der Waals surface area (Å²) in [5.41, 5.74) is 0.625. The van der Waals surface area contributed by atoms with Crippen molar-refractivity contribution in [2.24, 2.45) is 5.92 Å². The van der Waals surface area contributed by atoms with Gasteiger partial charge in [0.1, 0.15) is 5.75 Å². The Morgan fingerprint density at radius 3 is 2.84 bits per heavy atom. The summed E-state index contributed by atoms with van der Waals surface area (Å²) in [5.74, 6) is 1.26. The van der Waals surface area contributed by atoms with Gasteiger partial charge in [-0.05, 0) is 30.5 Å². The van der Waals surface area contributed by atoms with Gasteiger partial charge < -0.3 is 9.64 Å². The van der Waals surface area contributed by atoms with E-state index in [1.165, 1.54) is 0 Å². The molecule has 0 aromatic heterocycles. The first-order valence-electron chi connectivity index (χ1n) is 6.29. The number of nitrogens with zero attached hydrogens (tertiary/aromatic N) is 1. The predicted molar refractivity (Wildman–Crippen MR) is 83.1 cm³/mol. The van der Waals surface area contributed by atoms with Gasteiger partial charge in [0.05, 0.1) is 12.7 Å². The molecule has 1 aliphatic rings. The Labute approximate surface area is 130 Å². The molecule has 1 aromatic carbocycles. The molecular weight excluding hydrogens is 374 g/mol. The lowest BCUT2D eigenvalue weighted by Crippen LogP contribution is -2.43. The molecule has 2 rings (SSSR count). The standard InChI is InChI=1S/C14H17Br2NO2/c1-9-5-6-17(8-12(9)16)14(18)11-4-3-10(15)7-13(11)19-2/h3-4,7,9,12H,5-6,8H2,1-2H3. The molecule has 0 bridgehead atoms. The van der Waals surface area contributed by atoms with Gasteiger partial charge in [-0.25, -0.2) is 0 Å². The Bertz CT molecular complexity index is 479. The highest BCUT2D eigenvalue weighted by molar-refractivity contribution is 9.10. The summed E-state index contributed by atoms with van der Waals surface area (Å²) in [6, 6.07) is 5.51. The van der Waals surface area contributed by atoms with Crippen molar-refractivity contribution >= 4 is 37.8 Å². The van der Waals surface area contributed by atoms with Crippen molar-refractivity contribution in [2.45, 2.75) is 18.2 Å². The molecule has 1 heterocycles. The number of halogens is 2. The van der Waals surface area contributed by atoms with Gasteiger partial charge in [-0.1, -0.05) is 38.8 Å². The van der Waals surface area contributed by atoms with Crippen molar-refractivity contribution in [3.63, 3.8) is 0 Å². The SMILES string of the molecule is COc1cc(Br)ccc1C(=O)N1CCC(C)C(Br)C1. The number of rotatable bonds is 2. The Balaban J connectivity index is 2.20. The third kappa shape index (κ3) is 3.31. The normalized spacial score (nSPS) is 23.3.